The van der Waals surface area contributed by atoms with Crippen LogP contribution >= 0.6 is 0 Å². The lowest BCUT2D eigenvalue weighted by atomic mass is 10.1. The maximum atomic E-state index is 12.6. The minimum atomic E-state index is -2.75. The minimum absolute atomic E-state index is 0.255. The maximum Gasteiger partial charge on any atom is 0.354 e. The first kappa shape index (κ1) is 10.2. The molecule has 2 heterocycles. The van der Waals surface area contributed by atoms with E-state index in [1.165, 1.54) is 4.90 Å². The molecule has 0 spiro atoms. The third kappa shape index (κ3) is 1.64. The predicted octanol–water partition coefficient (Wildman–Crippen LogP) is 0.963. The smallest absolute Gasteiger partial charge is 0.354 e. The van der Waals surface area contributed by atoms with Crippen LogP contribution in [-0.2, 0) is 4.79 Å². The Morgan fingerprint density at radius 3 is 2.87 bits per heavy atom. The van der Waals surface area contributed by atoms with Gasteiger partial charge in [-0.05, 0) is 19.3 Å². The lowest BCUT2D eigenvalue weighted by Crippen LogP contribution is -2.42. The standard InChI is InChI=1S/C9H12F2N2O2/c10-8(11)6-7(9(14)15)13-4-2-1-3-5(13)12-6/h5,8,12H,1-4H2,(H,14,15). The molecule has 0 amide bonds. The van der Waals surface area contributed by atoms with E-state index in [0.717, 1.165) is 12.8 Å². The van der Waals surface area contributed by atoms with Gasteiger partial charge in [0, 0.05) is 6.54 Å². The van der Waals surface area contributed by atoms with Crippen molar-refractivity contribution in [3.8, 4) is 0 Å². The molecule has 2 aliphatic rings. The number of rotatable bonds is 2. The van der Waals surface area contributed by atoms with Gasteiger partial charge in [-0.3, -0.25) is 0 Å². The molecule has 2 aliphatic heterocycles. The van der Waals surface area contributed by atoms with E-state index in [4.69, 9.17) is 5.11 Å². The summed E-state index contributed by atoms with van der Waals surface area (Å²) in [6.07, 6.45) is -0.494. The van der Waals surface area contributed by atoms with Crippen molar-refractivity contribution in [1.29, 1.82) is 0 Å². The van der Waals surface area contributed by atoms with Gasteiger partial charge in [-0.15, -0.1) is 0 Å². The number of fused-ring (bicyclic) bond motifs is 1. The highest BCUT2D eigenvalue weighted by atomic mass is 19.3. The zero-order chi connectivity index (χ0) is 11.0. The number of carbonyl (C=O) groups is 1. The number of aliphatic carboxylic acids is 1. The molecular formula is C9H12F2N2O2. The third-order valence-electron chi connectivity index (χ3n) is 2.79. The fourth-order valence-corrected chi connectivity index (χ4v) is 2.16. The van der Waals surface area contributed by atoms with Crippen molar-refractivity contribution in [1.82, 2.24) is 10.2 Å². The fraction of sp³-hybridized carbons (Fsp3) is 0.667. The van der Waals surface area contributed by atoms with Gasteiger partial charge in [0.1, 0.15) is 11.4 Å². The summed E-state index contributed by atoms with van der Waals surface area (Å²) in [7, 11) is 0. The van der Waals surface area contributed by atoms with Crippen LogP contribution in [0, 0.1) is 0 Å². The summed E-state index contributed by atoms with van der Waals surface area (Å²) in [5.74, 6) is -1.28. The second kappa shape index (κ2) is 3.67. The van der Waals surface area contributed by atoms with E-state index >= 15 is 0 Å². The van der Waals surface area contributed by atoms with Crippen LogP contribution < -0.4 is 5.32 Å². The van der Waals surface area contributed by atoms with Gasteiger partial charge in [0.05, 0.1) is 6.17 Å². The van der Waals surface area contributed by atoms with Crippen molar-refractivity contribution in [2.75, 3.05) is 6.54 Å². The first-order valence-corrected chi connectivity index (χ1v) is 4.90. The van der Waals surface area contributed by atoms with Crippen LogP contribution in [0.15, 0.2) is 11.4 Å². The predicted molar refractivity (Wildman–Crippen MR) is 48.1 cm³/mol. The monoisotopic (exact) mass is 218 g/mol. The second-order valence-corrected chi connectivity index (χ2v) is 3.72. The molecule has 84 valence electrons. The van der Waals surface area contributed by atoms with E-state index < -0.39 is 18.1 Å². The molecule has 4 nitrogen and oxygen atoms in total. The van der Waals surface area contributed by atoms with Crippen LogP contribution in [0.2, 0.25) is 0 Å². The molecule has 1 saturated heterocycles. The average Bonchev–Trinajstić information content (AvgIpc) is 2.56. The molecule has 2 rings (SSSR count). The van der Waals surface area contributed by atoms with Gasteiger partial charge in [0.15, 0.2) is 0 Å². The number of hydrogen-bond donors (Lipinski definition) is 2. The zero-order valence-electron chi connectivity index (χ0n) is 8.04. The first-order chi connectivity index (χ1) is 7.11. The fourth-order valence-electron chi connectivity index (χ4n) is 2.16. The Morgan fingerprint density at radius 2 is 2.27 bits per heavy atom. The van der Waals surface area contributed by atoms with Crippen molar-refractivity contribution in [3.63, 3.8) is 0 Å². The topological polar surface area (TPSA) is 52.6 Å². The van der Waals surface area contributed by atoms with Crippen molar-refractivity contribution in [2.45, 2.75) is 31.9 Å². The van der Waals surface area contributed by atoms with Gasteiger partial charge in [-0.2, -0.15) is 0 Å². The van der Waals surface area contributed by atoms with Gasteiger partial charge in [0.2, 0.25) is 0 Å². The summed E-state index contributed by atoms with van der Waals surface area (Å²) in [5.41, 5.74) is -0.691. The van der Waals surface area contributed by atoms with Crippen LogP contribution in [-0.4, -0.2) is 35.1 Å². The largest absolute Gasteiger partial charge is 0.477 e. The van der Waals surface area contributed by atoms with Gasteiger partial charge in [0.25, 0.3) is 6.43 Å². The quantitative estimate of drug-likeness (QED) is 0.725. The van der Waals surface area contributed by atoms with E-state index in [0.29, 0.717) is 13.0 Å². The van der Waals surface area contributed by atoms with Crippen LogP contribution in [0.25, 0.3) is 0 Å². The molecule has 15 heavy (non-hydrogen) atoms. The molecule has 2 N–H and O–H groups in total. The van der Waals surface area contributed by atoms with Crippen molar-refractivity contribution >= 4 is 5.97 Å². The number of allylic oxidation sites excluding steroid dienone is 1. The Bertz CT molecular complexity index is 317. The second-order valence-electron chi connectivity index (χ2n) is 3.72. The van der Waals surface area contributed by atoms with Crippen LogP contribution in [0.3, 0.4) is 0 Å². The Morgan fingerprint density at radius 1 is 1.53 bits per heavy atom. The van der Waals surface area contributed by atoms with Crippen LogP contribution in [0.1, 0.15) is 19.3 Å². The molecule has 1 unspecified atom stereocenters. The molecular weight excluding hydrogens is 206 g/mol. The molecule has 0 saturated carbocycles. The number of piperidine rings is 1. The van der Waals surface area contributed by atoms with Gasteiger partial charge in [-0.25, -0.2) is 13.6 Å². The molecule has 0 aliphatic carbocycles. The molecule has 0 aromatic rings. The number of carboxylic acid groups (broad SMARTS) is 1. The van der Waals surface area contributed by atoms with E-state index in [2.05, 4.69) is 5.32 Å². The van der Waals surface area contributed by atoms with E-state index in [-0.39, 0.29) is 11.9 Å². The number of hydrogen-bond acceptors (Lipinski definition) is 3. The van der Waals surface area contributed by atoms with Crippen molar-refractivity contribution in [3.05, 3.63) is 11.4 Å². The van der Waals surface area contributed by atoms with Gasteiger partial charge >= 0.3 is 5.97 Å². The normalized spacial score (nSPS) is 25.5. The van der Waals surface area contributed by atoms with Crippen molar-refractivity contribution < 1.29 is 18.7 Å². The highest BCUT2D eigenvalue weighted by Gasteiger charge is 2.39. The highest BCUT2D eigenvalue weighted by Crippen LogP contribution is 2.30. The SMILES string of the molecule is O=C(O)C1=C(C(F)F)NC2CCCCN12. The molecule has 0 bridgehead atoms. The van der Waals surface area contributed by atoms with E-state index in [1.807, 2.05) is 0 Å². The van der Waals surface area contributed by atoms with Gasteiger partial charge < -0.3 is 15.3 Å². The van der Waals surface area contributed by atoms with Gasteiger partial charge in [-0.1, -0.05) is 0 Å². The summed E-state index contributed by atoms with van der Waals surface area (Å²) in [6.45, 7) is 0.537. The van der Waals surface area contributed by atoms with Crippen LogP contribution in [0.5, 0.6) is 0 Å². The lowest BCUT2D eigenvalue weighted by Gasteiger charge is -2.31. The first-order valence-electron chi connectivity index (χ1n) is 4.90. The molecule has 0 aromatic heterocycles. The Kier molecular flexibility index (Phi) is 2.50. The Hall–Kier alpha value is -1.33. The average molecular weight is 218 g/mol. The van der Waals surface area contributed by atoms with E-state index in [1.54, 1.807) is 0 Å². The highest BCUT2D eigenvalue weighted by molar-refractivity contribution is 5.87. The summed E-state index contributed by atoms with van der Waals surface area (Å²) < 4.78 is 25.2. The zero-order valence-corrected chi connectivity index (χ0v) is 8.04. The van der Waals surface area contributed by atoms with Crippen LogP contribution in [0.4, 0.5) is 8.78 Å². The number of nitrogens with one attached hydrogen (secondary N) is 1. The molecule has 0 aromatic carbocycles. The number of halogens is 2. The summed E-state index contributed by atoms with van der Waals surface area (Å²) in [5, 5.41) is 11.5. The number of nitrogens with zero attached hydrogens (tertiary/aromatic N) is 1. The summed E-state index contributed by atoms with van der Waals surface area (Å²) >= 11 is 0. The third-order valence-corrected chi connectivity index (χ3v) is 2.79. The number of carboxylic acids is 1. The molecule has 1 fully saturated rings. The van der Waals surface area contributed by atoms with E-state index in [9.17, 15) is 13.6 Å². The molecule has 1 atom stereocenters. The number of alkyl halides is 2. The maximum absolute atomic E-state index is 12.6. The summed E-state index contributed by atoms with van der Waals surface area (Å²) in [6, 6.07) is 0. The minimum Gasteiger partial charge on any atom is -0.477 e. The lowest BCUT2D eigenvalue weighted by molar-refractivity contribution is -0.134. The summed E-state index contributed by atoms with van der Waals surface area (Å²) in [4.78, 5) is 12.4. The molecule has 6 heteroatoms. The Labute approximate surface area is 85.6 Å². The molecule has 0 radical (unpaired) electrons. The Balaban J connectivity index is 2.30. The van der Waals surface area contributed by atoms with Crippen molar-refractivity contribution in [2.24, 2.45) is 0 Å².